The third kappa shape index (κ3) is 4.12. The fourth-order valence-electron chi connectivity index (χ4n) is 3.25. The molecule has 0 fully saturated rings. The predicted molar refractivity (Wildman–Crippen MR) is 107 cm³/mol. The number of methoxy groups -OCH3 is 1. The number of hydrogen-bond donors (Lipinski definition) is 0. The quantitative estimate of drug-likeness (QED) is 0.354. The van der Waals surface area contributed by atoms with Crippen molar-refractivity contribution in [1.82, 2.24) is 0 Å². The number of carbonyl (C=O) groups excluding carboxylic acids is 1. The number of halogens is 1. The first kappa shape index (κ1) is 19.8. The molecule has 4 aromatic rings. The van der Waals surface area contributed by atoms with Crippen LogP contribution in [0.25, 0.3) is 22.0 Å². The molecule has 0 spiro atoms. The molecule has 1 aromatic heterocycles. The number of hydrogen-bond acceptors (Lipinski definition) is 2. The van der Waals surface area contributed by atoms with E-state index in [2.05, 4.69) is 12.1 Å². The summed E-state index contributed by atoms with van der Waals surface area (Å²) in [5.41, 5.74) is 3.98. The molecule has 0 atom stereocenters. The minimum atomic E-state index is 0. The summed E-state index contributed by atoms with van der Waals surface area (Å²) in [6.07, 6.45) is 1.94. The first-order chi connectivity index (χ1) is 13.2. The van der Waals surface area contributed by atoms with Gasteiger partial charge in [0.05, 0.1) is 12.5 Å². The van der Waals surface area contributed by atoms with E-state index < -0.39 is 0 Å². The van der Waals surface area contributed by atoms with Crippen LogP contribution in [0.1, 0.15) is 10.4 Å². The zero-order chi connectivity index (χ0) is 18.6. The Hall–Kier alpha value is -2.98. The monoisotopic (exact) mass is 433 g/mol. The van der Waals surface area contributed by atoms with Crippen LogP contribution >= 0.6 is 0 Å². The molecule has 3 aromatic carbocycles. The van der Waals surface area contributed by atoms with E-state index in [1.165, 1.54) is 0 Å². The Morgan fingerprint density at radius 1 is 0.857 bits per heavy atom. The van der Waals surface area contributed by atoms with Crippen molar-refractivity contribution in [3.05, 3.63) is 96.7 Å². The average Bonchev–Trinajstić information content (AvgIpc) is 2.74. The summed E-state index contributed by atoms with van der Waals surface area (Å²) in [5.74, 6) is 0.894. The van der Waals surface area contributed by atoms with E-state index in [1.54, 1.807) is 7.11 Å². The van der Waals surface area contributed by atoms with E-state index in [1.807, 2.05) is 83.6 Å². The number of aromatic nitrogens is 1. The van der Waals surface area contributed by atoms with Crippen LogP contribution in [-0.4, -0.2) is 12.9 Å². The van der Waals surface area contributed by atoms with Gasteiger partial charge in [0.15, 0.2) is 6.20 Å². The van der Waals surface area contributed by atoms with Crippen molar-refractivity contribution in [3.63, 3.8) is 0 Å². The van der Waals surface area contributed by atoms with E-state index in [0.717, 1.165) is 27.8 Å². The van der Waals surface area contributed by atoms with Crippen LogP contribution in [0.2, 0.25) is 0 Å². The van der Waals surface area contributed by atoms with Crippen molar-refractivity contribution >= 4 is 16.7 Å². The van der Waals surface area contributed by atoms with Gasteiger partial charge in [0.1, 0.15) is 5.75 Å². The van der Waals surface area contributed by atoms with Crippen LogP contribution in [0.5, 0.6) is 5.75 Å². The summed E-state index contributed by atoms with van der Waals surface area (Å²) in [6.45, 7) is 0.300. The lowest BCUT2D eigenvalue weighted by Gasteiger charge is -2.05. The van der Waals surface area contributed by atoms with Gasteiger partial charge in [-0.1, -0.05) is 54.6 Å². The normalized spacial score (nSPS) is 10.3. The average molecular weight is 434 g/mol. The summed E-state index contributed by atoms with van der Waals surface area (Å²) >= 11 is 0. The first-order valence-electron chi connectivity index (χ1n) is 8.89. The number of Topliss-reactive ketones (excluding diaryl/α,β-unsaturated/α-hetero) is 1. The molecule has 28 heavy (non-hydrogen) atoms. The van der Waals surface area contributed by atoms with E-state index in [-0.39, 0.29) is 22.8 Å². The van der Waals surface area contributed by atoms with E-state index in [4.69, 9.17) is 4.74 Å². The lowest BCUT2D eigenvalue weighted by atomic mass is 10.0. The van der Waals surface area contributed by atoms with Gasteiger partial charge in [0, 0.05) is 17.7 Å². The maximum Gasteiger partial charge on any atom is 0.227 e. The van der Waals surface area contributed by atoms with E-state index in [0.29, 0.717) is 12.1 Å². The van der Waals surface area contributed by atoms with E-state index in [9.17, 15) is 4.79 Å². The third-order valence-electron chi connectivity index (χ3n) is 4.71. The molecular weight excluding hydrogens is 414 g/mol. The Morgan fingerprint density at radius 2 is 1.57 bits per heavy atom. The number of ketones is 1. The van der Waals surface area contributed by atoms with Gasteiger partial charge in [-0.15, -0.1) is 0 Å². The van der Waals surface area contributed by atoms with Crippen molar-refractivity contribution in [3.8, 4) is 16.9 Å². The smallest absolute Gasteiger partial charge is 0.227 e. The van der Waals surface area contributed by atoms with Crippen LogP contribution in [0.15, 0.2) is 91.1 Å². The molecule has 0 unspecified atom stereocenters. The van der Waals surface area contributed by atoms with Gasteiger partial charge in [-0.3, -0.25) is 4.79 Å². The third-order valence-corrected chi connectivity index (χ3v) is 4.71. The number of pyridine rings is 1. The summed E-state index contributed by atoms with van der Waals surface area (Å²) < 4.78 is 7.26. The van der Waals surface area contributed by atoms with Crippen LogP contribution < -0.4 is 26.3 Å². The highest BCUT2D eigenvalue weighted by molar-refractivity contribution is 5.95. The van der Waals surface area contributed by atoms with Crippen molar-refractivity contribution < 1.29 is 31.1 Å². The molecule has 0 radical (unpaired) electrons. The van der Waals surface area contributed by atoms with Crippen LogP contribution in [-0.2, 0) is 6.54 Å². The van der Waals surface area contributed by atoms with Gasteiger partial charge in [0.2, 0.25) is 17.8 Å². The second-order valence-electron chi connectivity index (χ2n) is 6.43. The molecule has 0 aliphatic carbocycles. The highest BCUT2D eigenvalue weighted by Gasteiger charge is 2.15. The number of carbonyl (C=O) groups is 1. The molecule has 0 aliphatic rings. The maximum absolute atomic E-state index is 12.8. The first-order valence-corrected chi connectivity index (χ1v) is 8.89. The second-order valence-corrected chi connectivity index (χ2v) is 6.43. The Labute approximate surface area is 175 Å². The highest BCUT2D eigenvalue weighted by atomic mass is 79.9. The number of ether oxygens (including phenoxy) is 1. The Balaban J connectivity index is 0.00000225. The second kappa shape index (κ2) is 8.81. The van der Waals surface area contributed by atoms with Crippen molar-refractivity contribution in [2.75, 3.05) is 7.11 Å². The minimum Gasteiger partial charge on any atom is -1.00 e. The molecule has 0 saturated heterocycles. The summed E-state index contributed by atoms with van der Waals surface area (Å²) in [6, 6.07) is 27.8. The van der Waals surface area contributed by atoms with Gasteiger partial charge in [-0.2, -0.15) is 4.57 Å². The number of benzene rings is 3. The Bertz CT molecular complexity index is 1090. The van der Waals surface area contributed by atoms with Gasteiger partial charge >= 0.3 is 0 Å². The van der Waals surface area contributed by atoms with E-state index >= 15 is 0 Å². The fourth-order valence-corrected chi connectivity index (χ4v) is 3.25. The number of nitrogens with zero attached hydrogens (tertiary/aromatic N) is 1. The molecule has 4 rings (SSSR count). The lowest BCUT2D eigenvalue weighted by molar-refractivity contribution is -0.657. The molecule has 140 valence electrons. The van der Waals surface area contributed by atoms with Gasteiger partial charge in [0.25, 0.3) is 0 Å². The molecular formula is C24H20BrNO2. The van der Waals surface area contributed by atoms with Gasteiger partial charge < -0.3 is 21.7 Å². The molecule has 0 bridgehead atoms. The molecule has 0 saturated carbocycles. The van der Waals surface area contributed by atoms with Gasteiger partial charge in [-0.25, -0.2) is 0 Å². The molecule has 0 amide bonds. The fraction of sp³-hybridized carbons (Fsp3) is 0.0833. The topological polar surface area (TPSA) is 30.2 Å². The van der Waals surface area contributed by atoms with Gasteiger partial charge in [-0.05, 0) is 29.3 Å². The van der Waals surface area contributed by atoms with Crippen molar-refractivity contribution in [2.24, 2.45) is 0 Å². The van der Waals surface area contributed by atoms with Crippen LogP contribution in [0.3, 0.4) is 0 Å². The minimum absolute atomic E-state index is 0. The summed E-state index contributed by atoms with van der Waals surface area (Å²) in [7, 11) is 1.65. The lowest BCUT2D eigenvalue weighted by Crippen LogP contribution is -3.00. The van der Waals surface area contributed by atoms with Crippen LogP contribution in [0.4, 0.5) is 0 Å². The maximum atomic E-state index is 12.8. The number of fused-ring (bicyclic) bond motifs is 1. The Kier molecular flexibility index (Phi) is 6.22. The number of rotatable bonds is 5. The largest absolute Gasteiger partial charge is 1.00 e. The summed E-state index contributed by atoms with van der Waals surface area (Å²) in [5, 5.41) is 1.05. The molecule has 1 heterocycles. The molecule has 0 N–H and O–H groups in total. The summed E-state index contributed by atoms with van der Waals surface area (Å²) in [4.78, 5) is 12.8. The molecule has 3 nitrogen and oxygen atoms in total. The SMILES string of the molecule is COc1ccc2c(ccc[n+]2CC(=O)c2ccc(-c3ccccc3)cc2)c1.[Br-]. The van der Waals surface area contributed by atoms with Crippen molar-refractivity contribution in [2.45, 2.75) is 6.54 Å². The van der Waals surface area contributed by atoms with Crippen molar-refractivity contribution in [1.29, 1.82) is 0 Å². The van der Waals surface area contributed by atoms with Crippen LogP contribution in [0, 0.1) is 0 Å². The zero-order valence-electron chi connectivity index (χ0n) is 15.5. The molecule has 4 heteroatoms. The highest BCUT2D eigenvalue weighted by Crippen LogP contribution is 2.20. The Morgan fingerprint density at radius 3 is 2.29 bits per heavy atom. The molecule has 0 aliphatic heterocycles. The predicted octanol–water partition coefficient (Wildman–Crippen LogP) is 1.69. The standard InChI is InChI=1S/C24H20NO2.BrH/c1-27-22-13-14-23-21(16-22)8-5-15-25(23)17-24(26)20-11-9-19(10-12-20)18-6-3-2-4-7-18;/h2-16H,17H2,1H3;1H/q+1;/p-1. The zero-order valence-corrected chi connectivity index (χ0v) is 17.1.